The van der Waals surface area contributed by atoms with E-state index in [2.05, 4.69) is 10.4 Å². The molecule has 3 N–H and O–H groups in total. The number of benzene rings is 2. The van der Waals surface area contributed by atoms with Gasteiger partial charge in [0.1, 0.15) is 0 Å². The first-order valence-electron chi connectivity index (χ1n) is 11.1. The fraction of sp³-hybridized carbons (Fsp3) is 0.200. The van der Waals surface area contributed by atoms with Crippen molar-refractivity contribution < 1.29 is 18.0 Å². The Morgan fingerprint density at radius 1 is 1.06 bits per heavy atom. The minimum Gasteiger partial charge on any atom is -0.366 e. The zero-order valence-electron chi connectivity index (χ0n) is 18.9. The van der Waals surface area contributed by atoms with Crippen molar-refractivity contribution >= 4 is 38.4 Å². The number of aromatic nitrogens is 3. The van der Waals surface area contributed by atoms with E-state index in [-0.39, 0.29) is 23.1 Å². The van der Waals surface area contributed by atoms with E-state index in [9.17, 15) is 18.0 Å². The van der Waals surface area contributed by atoms with Crippen LogP contribution in [0.5, 0.6) is 0 Å². The quantitative estimate of drug-likeness (QED) is 0.442. The highest BCUT2D eigenvalue weighted by atomic mass is 32.2. The molecule has 0 saturated carbocycles. The summed E-state index contributed by atoms with van der Waals surface area (Å²) in [4.78, 5) is 30.2. The number of nitrogens with one attached hydrogen (secondary N) is 1. The molecular weight excluding hydrogens is 466 g/mol. The Morgan fingerprint density at radius 3 is 2.46 bits per heavy atom. The molecule has 1 saturated heterocycles. The number of carbonyl (C=O) groups is 2. The highest BCUT2D eigenvalue weighted by Crippen LogP contribution is 2.32. The van der Waals surface area contributed by atoms with Crippen LogP contribution in [-0.2, 0) is 9.84 Å². The maximum absolute atomic E-state index is 13.5. The van der Waals surface area contributed by atoms with Crippen LogP contribution in [0.25, 0.3) is 22.3 Å². The number of nitrogens with two attached hydrogens (primary N) is 1. The molecule has 4 aromatic rings. The third kappa shape index (κ3) is 4.28. The molecule has 178 valence electrons. The number of fused-ring (bicyclic) bond motifs is 1. The number of nitrogens with zero attached hydrogens (tertiary/aromatic N) is 3. The molecule has 1 atom stereocenters. The predicted octanol–water partition coefficient (Wildman–Crippen LogP) is 3.12. The van der Waals surface area contributed by atoms with Gasteiger partial charge in [-0.05, 0) is 31.5 Å². The van der Waals surface area contributed by atoms with E-state index in [1.807, 2.05) is 30.3 Å². The van der Waals surface area contributed by atoms with Crippen molar-refractivity contribution in [3.8, 4) is 11.3 Å². The molecule has 35 heavy (non-hydrogen) atoms. The van der Waals surface area contributed by atoms with E-state index in [1.165, 1.54) is 0 Å². The number of hydrogen-bond acceptors (Lipinski definition) is 6. The lowest BCUT2D eigenvalue weighted by atomic mass is 10.0. The molecule has 1 fully saturated rings. The standard InChI is InChI=1S/C25H23N5O4S/c1-15-22-19(25(32)28-20-10-6-5-9-18(20)23(26)31)13-21(16-7-3-2-4-8-16)27-24(22)30(29-15)17-11-12-35(33,34)14-17/h2-10,13,17H,11-12,14H2,1H3,(H2,26,31)(H,28,32)/t17-/m1/s1. The normalized spacial score (nSPS) is 16.9. The Hall–Kier alpha value is -4.05. The topological polar surface area (TPSA) is 137 Å². The monoisotopic (exact) mass is 489 g/mol. The van der Waals surface area contributed by atoms with Crippen LogP contribution in [0.2, 0.25) is 0 Å². The van der Waals surface area contributed by atoms with E-state index in [1.54, 1.807) is 41.9 Å². The molecule has 0 aliphatic carbocycles. The van der Waals surface area contributed by atoms with E-state index in [0.29, 0.717) is 40.1 Å². The van der Waals surface area contributed by atoms with Crippen molar-refractivity contribution in [2.24, 2.45) is 5.73 Å². The average molecular weight is 490 g/mol. The van der Waals surface area contributed by atoms with Crippen LogP contribution in [0.15, 0.2) is 60.7 Å². The lowest BCUT2D eigenvalue weighted by Crippen LogP contribution is -2.19. The second-order valence-electron chi connectivity index (χ2n) is 8.57. The Kier molecular flexibility index (Phi) is 5.60. The van der Waals surface area contributed by atoms with Gasteiger partial charge in [0.2, 0.25) is 0 Å². The Labute approximate surface area is 201 Å². The number of amides is 2. The highest BCUT2D eigenvalue weighted by Gasteiger charge is 2.32. The van der Waals surface area contributed by atoms with Crippen LogP contribution in [0.3, 0.4) is 0 Å². The van der Waals surface area contributed by atoms with Crippen molar-refractivity contribution in [2.75, 3.05) is 16.8 Å². The van der Waals surface area contributed by atoms with Gasteiger partial charge in [0, 0.05) is 5.56 Å². The van der Waals surface area contributed by atoms with Crippen LogP contribution in [0.4, 0.5) is 5.69 Å². The average Bonchev–Trinajstić information content (AvgIpc) is 3.37. The minimum absolute atomic E-state index is 0.0199. The lowest BCUT2D eigenvalue weighted by molar-refractivity contribution is 0.100. The summed E-state index contributed by atoms with van der Waals surface area (Å²) in [5.41, 5.74) is 8.63. The van der Waals surface area contributed by atoms with Crippen LogP contribution in [0.1, 0.15) is 38.9 Å². The van der Waals surface area contributed by atoms with Gasteiger partial charge in [0.25, 0.3) is 11.8 Å². The molecule has 0 spiro atoms. The van der Waals surface area contributed by atoms with Gasteiger partial charge in [-0.25, -0.2) is 18.1 Å². The molecule has 10 heteroatoms. The van der Waals surface area contributed by atoms with Crippen LogP contribution in [0, 0.1) is 6.92 Å². The summed E-state index contributed by atoms with van der Waals surface area (Å²) in [6, 6.07) is 17.2. The van der Waals surface area contributed by atoms with E-state index in [0.717, 1.165) is 5.56 Å². The summed E-state index contributed by atoms with van der Waals surface area (Å²) in [5, 5.41) is 7.93. The molecule has 2 amide bonds. The summed E-state index contributed by atoms with van der Waals surface area (Å²) in [6.07, 6.45) is 0.434. The van der Waals surface area contributed by atoms with Gasteiger partial charge in [0.15, 0.2) is 15.5 Å². The van der Waals surface area contributed by atoms with Crippen LogP contribution < -0.4 is 11.1 Å². The predicted molar refractivity (Wildman–Crippen MR) is 133 cm³/mol. The van der Waals surface area contributed by atoms with Crippen LogP contribution >= 0.6 is 0 Å². The van der Waals surface area contributed by atoms with Crippen molar-refractivity contribution in [2.45, 2.75) is 19.4 Å². The zero-order chi connectivity index (χ0) is 24.7. The number of aryl methyl sites for hydroxylation is 1. The Balaban J connectivity index is 1.68. The van der Waals surface area contributed by atoms with E-state index >= 15 is 0 Å². The molecule has 2 aromatic heterocycles. The third-order valence-corrected chi connectivity index (χ3v) is 7.90. The summed E-state index contributed by atoms with van der Waals surface area (Å²) in [6.45, 7) is 1.76. The van der Waals surface area contributed by atoms with Crippen LogP contribution in [-0.4, -0.2) is 46.5 Å². The first kappa shape index (κ1) is 22.7. The van der Waals surface area contributed by atoms with Gasteiger partial charge in [-0.15, -0.1) is 0 Å². The number of pyridine rings is 1. The fourth-order valence-corrected chi connectivity index (χ4v) is 6.16. The maximum atomic E-state index is 13.5. The largest absolute Gasteiger partial charge is 0.366 e. The number of primary amides is 1. The van der Waals surface area contributed by atoms with Gasteiger partial charge >= 0.3 is 0 Å². The highest BCUT2D eigenvalue weighted by molar-refractivity contribution is 7.91. The Bertz CT molecular complexity index is 1580. The molecule has 5 rings (SSSR count). The van der Waals surface area contributed by atoms with Gasteiger partial charge in [-0.2, -0.15) is 5.10 Å². The van der Waals surface area contributed by atoms with Gasteiger partial charge in [-0.1, -0.05) is 42.5 Å². The summed E-state index contributed by atoms with van der Waals surface area (Å²) >= 11 is 0. The third-order valence-electron chi connectivity index (χ3n) is 6.15. The van der Waals surface area contributed by atoms with Gasteiger partial charge in [-0.3, -0.25) is 9.59 Å². The fourth-order valence-electron chi connectivity index (χ4n) is 4.47. The molecule has 2 aromatic carbocycles. The summed E-state index contributed by atoms with van der Waals surface area (Å²) in [5.74, 6) is -1.04. The summed E-state index contributed by atoms with van der Waals surface area (Å²) < 4.78 is 25.9. The number of anilines is 1. The lowest BCUT2D eigenvalue weighted by Gasteiger charge is -2.13. The Morgan fingerprint density at radius 2 is 1.77 bits per heavy atom. The van der Waals surface area contributed by atoms with Crippen molar-refractivity contribution in [3.63, 3.8) is 0 Å². The number of rotatable bonds is 5. The van der Waals surface area contributed by atoms with Crippen molar-refractivity contribution in [1.29, 1.82) is 0 Å². The summed E-state index contributed by atoms with van der Waals surface area (Å²) in [7, 11) is -3.16. The second kappa shape index (κ2) is 8.62. The molecule has 0 bridgehead atoms. The molecule has 0 unspecified atom stereocenters. The number of carbonyl (C=O) groups excluding carboxylic acids is 2. The SMILES string of the molecule is Cc1nn([C@@H]2CCS(=O)(=O)C2)c2nc(-c3ccccc3)cc(C(=O)Nc3ccccc3C(N)=O)c12. The minimum atomic E-state index is -3.16. The van der Waals surface area contributed by atoms with Gasteiger partial charge in [0.05, 0.1) is 51.1 Å². The number of para-hydroxylation sites is 1. The molecular formula is C25H23N5O4S. The van der Waals surface area contributed by atoms with Crippen molar-refractivity contribution in [1.82, 2.24) is 14.8 Å². The molecule has 9 nitrogen and oxygen atoms in total. The maximum Gasteiger partial charge on any atom is 0.256 e. The first-order chi connectivity index (χ1) is 16.7. The zero-order valence-corrected chi connectivity index (χ0v) is 19.7. The molecule has 1 aliphatic rings. The second-order valence-corrected chi connectivity index (χ2v) is 10.8. The van der Waals surface area contributed by atoms with E-state index in [4.69, 9.17) is 10.7 Å². The molecule has 0 radical (unpaired) electrons. The van der Waals surface area contributed by atoms with Crippen molar-refractivity contribution in [3.05, 3.63) is 77.5 Å². The number of sulfone groups is 1. The number of hydrogen-bond donors (Lipinski definition) is 2. The van der Waals surface area contributed by atoms with E-state index < -0.39 is 21.7 Å². The molecule has 1 aliphatic heterocycles. The first-order valence-corrected chi connectivity index (χ1v) is 12.9. The van der Waals surface area contributed by atoms with Gasteiger partial charge < -0.3 is 11.1 Å². The smallest absolute Gasteiger partial charge is 0.256 e. The molecule has 3 heterocycles.